The number of carbonyl (C=O) groups is 1. The molecule has 0 spiro atoms. The van der Waals surface area contributed by atoms with E-state index >= 15 is 0 Å². The fourth-order valence-electron chi connectivity index (χ4n) is 3.79. The molecule has 1 saturated heterocycles. The highest BCUT2D eigenvalue weighted by Gasteiger charge is 2.22. The van der Waals surface area contributed by atoms with Crippen LogP contribution in [-0.2, 0) is 0 Å². The van der Waals surface area contributed by atoms with Gasteiger partial charge in [-0.15, -0.1) is 0 Å². The Morgan fingerprint density at radius 3 is 2.77 bits per heavy atom. The van der Waals surface area contributed by atoms with Gasteiger partial charge in [-0.1, -0.05) is 12.1 Å². The average Bonchev–Trinajstić information content (AvgIpc) is 3.30. The lowest BCUT2D eigenvalue weighted by atomic mass is 9.98. The Morgan fingerprint density at radius 2 is 1.94 bits per heavy atom. The zero-order valence-electron chi connectivity index (χ0n) is 16.6. The monoisotopic (exact) mass is 417 g/mol. The van der Waals surface area contributed by atoms with Crippen LogP contribution in [-0.4, -0.2) is 33.9 Å². The number of anilines is 1. The van der Waals surface area contributed by atoms with Gasteiger partial charge in [0.2, 0.25) is 0 Å². The van der Waals surface area contributed by atoms with Crippen LogP contribution in [0.5, 0.6) is 0 Å². The number of benzene rings is 1. The van der Waals surface area contributed by atoms with Gasteiger partial charge in [0.05, 0.1) is 6.20 Å². The first kappa shape index (κ1) is 19.3. The minimum Gasteiger partial charge on any atom is -0.448 e. The molecule has 1 amide bonds. The Hall–Kier alpha value is -3.65. The first-order valence-corrected chi connectivity index (χ1v) is 10.1. The van der Waals surface area contributed by atoms with Gasteiger partial charge in [-0.25, -0.2) is 14.4 Å². The Bertz CT molecular complexity index is 1250. The van der Waals surface area contributed by atoms with Gasteiger partial charge >= 0.3 is 0 Å². The van der Waals surface area contributed by atoms with Gasteiger partial charge in [-0.05, 0) is 55.1 Å². The van der Waals surface area contributed by atoms with Crippen LogP contribution >= 0.6 is 0 Å². The summed E-state index contributed by atoms with van der Waals surface area (Å²) < 4.78 is 19.1. The molecule has 3 aromatic heterocycles. The number of amides is 1. The lowest BCUT2D eigenvalue weighted by Gasteiger charge is -2.19. The maximum Gasteiger partial charge on any atom is 0.278 e. The summed E-state index contributed by atoms with van der Waals surface area (Å²) in [6.45, 7) is 1.84. The second kappa shape index (κ2) is 8.23. The standard InChI is InChI=1S/C23H20FN5O2/c24-19-8-18(10-26-12-19)15-1-2-16-11-27-21(9-17(16)7-15)29-22(30)20-13-31-23(28-20)14-3-5-25-6-4-14/h1-2,7-14,25H,3-6H2,(H,27,29,30). The van der Waals surface area contributed by atoms with Gasteiger partial charge in [0.15, 0.2) is 11.6 Å². The van der Waals surface area contributed by atoms with E-state index in [2.05, 4.69) is 25.6 Å². The van der Waals surface area contributed by atoms with Crippen molar-refractivity contribution in [3.8, 4) is 11.1 Å². The molecule has 7 nitrogen and oxygen atoms in total. The molecule has 4 aromatic rings. The van der Waals surface area contributed by atoms with E-state index in [0.717, 1.165) is 42.3 Å². The molecule has 2 N–H and O–H groups in total. The van der Waals surface area contributed by atoms with Crippen LogP contribution < -0.4 is 10.6 Å². The first-order valence-electron chi connectivity index (χ1n) is 10.1. The molecule has 0 atom stereocenters. The molecule has 0 aliphatic carbocycles. The molecule has 1 aliphatic heterocycles. The molecule has 5 rings (SSSR count). The van der Waals surface area contributed by atoms with Crippen molar-refractivity contribution in [1.82, 2.24) is 20.3 Å². The quantitative estimate of drug-likeness (QED) is 0.518. The highest BCUT2D eigenvalue weighted by atomic mass is 19.1. The largest absolute Gasteiger partial charge is 0.448 e. The van der Waals surface area contributed by atoms with E-state index in [1.165, 1.54) is 18.5 Å². The van der Waals surface area contributed by atoms with Crippen LogP contribution in [0.15, 0.2) is 59.6 Å². The Kier molecular flexibility index (Phi) is 5.13. The lowest BCUT2D eigenvalue weighted by molar-refractivity contribution is 0.102. The predicted molar refractivity (Wildman–Crippen MR) is 114 cm³/mol. The first-order chi connectivity index (χ1) is 15.2. The van der Waals surface area contributed by atoms with E-state index in [1.807, 2.05) is 18.2 Å². The molecule has 0 bridgehead atoms. The fraction of sp³-hybridized carbons (Fsp3) is 0.217. The Labute approximate surface area is 177 Å². The fourth-order valence-corrected chi connectivity index (χ4v) is 3.79. The zero-order chi connectivity index (χ0) is 21.2. The van der Waals surface area contributed by atoms with Gasteiger partial charge in [0.25, 0.3) is 5.91 Å². The van der Waals surface area contributed by atoms with Crippen LogP contribution in [0.3, 0.4) is 0 Å². The molecule has 4 heterocycles. The van der Waals surface area contributed by atoms with E-state index < -0.39 is 5.82 Å². The summed E-state index contributed by atoms with van der Waals surface area (Å²) in [5, 5.41) is 7.84. The van der Waals surface area contributed by atoms with E-state index in [4.69, 9.17) is 4.42 Å². The van der Waals surface area contributed by atoms with Crippen molar-refractivity contribution in [3.63, 3.8) is 0 Å². The molecule has 0 saturated carbocycles. The average molecular weight is 417 g/mol. The molecule has 1 aromatic carbocycles. The van der Waals surface area contributed by atoms with Crippen molar-refractivity contribution in [1.29, 1.82) is 0 Å². The molecular weight excluding hydrogens is 397 g/mol. The summed E-state index contributed by atoms with van der Waals surface area (Å²) in [7, 11) is 0. The molecule has 8 heteroatoms. The van der Waals surface area contributed by atoms with Crippen molar-refractivity contribution >= 4 is 22.5 Å². The van der Waals surface area contributed by atoms with E-state index in [1.54, 1.807) is 18.5 Å². The molecule has 156 valence electrons. The maximum atomic E-state index is 13.5. The number of hydrogen-bond donors (Lipinski definition) is 2. The van der Waals surface area contributed by atoms with E-state index in [-0.39, 0.29) is 17.5 Å². The predicted octanol–water partition coefficient (Wildman–Crippen LogP) is 4.14. The second-order valence-electron chi connectivity index (χ2n) is 7.57. The van der Waals surface area contributed by atoms with Crippen LogP contribution in [0.1, 0.15) is 35.1 Å². The van der Waals surface area contributed by atoms with Gasteiger partial charge < -0.3 is 15.1 Å². The topological polar surface area (TPSA) is 92.9 Å². The molecule has 1 fully saturated rings. The molecule has 0 unspecified atom stereocenters. The highest BCUT2D eigenvalue weighted by Crippen LogP contribution is 2.26. The number of fused-ring (bicyclic) bond motifs is 1. The number of pyridine rings is 2. The molecule has 0 radical (unpaired) electrons. The molecule has 1 aliphatic rings. The van der Waals surface area contributed by atoms with Crippen LogP contribution in [0.4, 0.5) is 10.2 Å². The third-order valence-electron chi connectivity index (χ3n) is 5.44. The highest BCUT2D eigenvalue weighted by molar-refractivity contribution is 6.03. The molecular formula is C23H20FN5O2. The number of hydrogen-bond acceptors (Lipinski definition) is 6. The number of nitrogens with zero attached hydrogens (tertiary/aromatic N) is 3. The number of piperidine rings is 1. The third-order valence-corrected chi connectivity index (χ3v) is 5.44. The summed E-state index contributed by atoms with van der Waals surface area (Å²) in [5.41, 5.74) is 1.73. The summed E-state index contributed by atoms with van der Waals surface area (Å²) in [6.07, 6.45) is 7.74. The minimum absolute atomic E-state index is 0.231. The van der Waals surface area contributed by atoms with Gasteiger partial charge in [-0.2, -0.15) is 0 Å². The second-order valence-corrected chi connectivity index (χ2v) is 7.57. The Balaban J connectivity index is 1.36. The van der Waals surface area contributed by atoms with E-state index in [0.29, 0.717) is 17.3 Å². The number of aromatic nitrogens is 3. The van der Waals surface area contributed by atoms with Crippen molar-refractivity contribution in [2.24, 2.45) is 0 Å². The van der Waals surface area contributed by atoms with Crippen LogP contribution in [0, 0.1) is 5.82 Å². The number of halogens is 1. The number of oxazole rings is 1. The normalized spacial score (nSPS) is 14.6. The smallest absolute Gasteiger partial charge is 0.278 e. The Morgan fingerprint density at radius 1 is 1.06 bits per heavy atom. The van der Waals surface area contributed by atoms with Gasteiger partial charge in [0.1, 0.15) is 17.9 Å². The third kappa shape index (κ3) is 4.15. The maximum absolute atomic E-state index is 13.5. The number of nitrogens with one attached hydrogen (secondary N) is 2. The van der Waals surface area contributed by atoms with Crippen LogP contribution in [0.2, 0.25) is 0 Å². The van der Waals surface area contributed by atoms with Gasteiger partial charge in [0, 0.05) is 29.3 Å². The lowest BCUT2D eigenvalue weighted by Crippen LogP contribution is -2.26. The minimum atomic E-state index is -0.392. The summed E-state index contributed by atoms with van der Waals surface area (Å²) in [6, 6.07) is 8.90. The van der Waals surface area contributed by atoms with Crippen molar-refractivity contribution in [2.45, 2.75) is 18.8 Å². The van der Waals surface area contributed by atoms with E-state index in [9.17, 15) is 9.18 Å². The zero-order valence-corrected chi connectivity index (χ0v) is 16.6. The summed E-state index contributed by atoms with van der Waals surface area (Å²) in [5.74, 6) is 0.472. The summed E-state index contributed by atoms with van der Waals surface area (Å²) in [4.78, 5) is 25.2. The SMILES string of the molecule is O=C(Nc1cc2cc(-c3cncc(F)c3)ccc2cn1)c1coc(C2CCNCC2)n1. The summed E-state index contributed by atoms with van der Waals surface area (Å²) >= 11 is 0. The van der Waals surface area contributed by atoms with Crippen molar-refractivity contribution in [3.05, 3.63) is 72.6 Å². The van der Waals surface area contributed by atoms with Crippen LogP contribution in [0.25, 0.3) is 21.9 Å². The van der Waals surface area contributed by atoms with Crippen molar-refractivity contribution < 1.29 is 13.6 Å². The van der Waals surface area contributed by atoms with Crippen molar-refractivity contribution in [2.75, 3.05) is 18.4 Å². The number of rotatable bonds is 4. The van der Waals surface area contributed by atoms with Gasteiger partial charge in [-0.3, -0.25) is 9.78 Å². The number of carbonyl (C=O) groups excluding carboxylic acids is 1. The molecule has 31 heavy (non-hydrogen) atoms.